The van der Waals surface area contributed by atoms with Gasteiger partial charge in [-0.25, -0.2) is 0 Å². The van der Waals surface area contributed by atoms with Gasteiger partial charge in [0, 0.05) is 37.3 Å². The van der Waals surface area contributed by atoms with Crippen molar-refractivity contribution < 1.29 is 9.21 Å². The van der Waals surface area contributed by atoms with Gasteiger partial charge in [0.25, 0.3) is 0 Å². The normalized spacial score (nSPS) is 23.7. The van der Waals surface area contributed by atoms with Crippen LogP contribution in [0.25, 0.3) is 0 Å². The van der Waals surface area contributed by atoms with Crippen LogP contribution in [0, 0.1) is 6.92 Å². The topological polar surface area (TPSA) is 36.7 Å². The molecule has 2 aromatic rings. The summed E-state index contributed by atoms with van der Waals surface area (Å²) >= 11 is 0. The summed E-state index contributed by atoms with van der Waals surface area (Å²) in [6.07, 6.45) is 5.88. The van der Waals surface area contributed by atoms with Crippen LogP contribution in [0.1, 0.15) is 47.9 Å². The molecule has 0 N–H and O–H groups in total. The molecule has 0 spiro atoms. The highest BCUT2D eigenvalue weighted by molar-refractivity contribution is 5.95. The summed E-state index contributed by atoms with van der Waals surface area (Å²) in [4.78, 5) is 17.5. The molecule has 3 heterocycles. The number of benzene rings is 1. The summed E-state index contributed by atoms with van der Waals surface area (Å²) in [6, 6.07) is 11.4. The Morgan fingerprint density at radius 3 is 2.81 bits per heavy atom. The first kappa shape index (κ1) is 17.3. The molecule has 1 aromatic carbocycles. The smallest absolute Gasteiger partial charge is 0.202 e. The molecule has 1 aromatic heterocycles. The molecule has 0 unspecified atom stereocenters. The molecular formula is C22H28N2O2. The fraction of sp³-hybridized carbons (Fsp3) is 0.500. The second-order valence-electron chi connectivity index (χ2n) is 7.81. The number of Topliss-reactive ketones (excluding diaryl/α,β-unsaturated/α-hetero) is 1. The number of anilines is 1. The summed E-state index contributed by atoms with van der Waals surface area (Å²) < 4.78 is 5.22. The molecule has 4 nitrogen and oxygen atoms in total. The van der Waals surface area contributed by atoms with Crippen LogP contribution in [0.3, 0.4) is 0 Å². The molecule has 2 fully saturated rings. The minimum absolute atomic E-state index is 0.0371. The lowest BCUT2D eigenvalue weighted by atomic mass is 10.0. The van der Waals surface area contributed by atoms with Crippen molar-refractivity contribution in [2.45, 2.75) is 51.6 Å². The molecule has 0 amide bonds. The van der Waals surface area contributed by atoms with E-state index in [0.717, 1.165) is 24.7 Å². The third kappa shape index (κ3) is 3.43. The molecule has 2 atom stereocenters. The molecule has 0 saturated carbocycles. The molecule has 26 heavy (non-hydrogen) atoms. The number of aryl methyl sites for hydroxylation is 1. The minimum Gasteiger partial charge on any atom is -0.461 e. The van der Waals surface area contributed by atoms with Gasteiger partial charge in [0.1, 0.15) is 0 Å². The molecule has 2 aliphatic rings. The lowest BCUT2D eigenvalue weighted by Crippen LogP contribution is -2.39. The van der Waals surface area contributed by atoms with Crippen molar-refractivity contribution in [2.24, 2.45) is 0 Å². The van der Waals surface area contributed by atoms with Gasteiger partial charge >= 0.3 is 0 Å². The largest absolute Gasteiger partial charge is 0.461 e. The van der Waals surface area contributed by atoms with Gasteiger partial charge in [-0.1, -0.05) is 6.07 Å². The summed E-state index contributed by atoms with van der Waals surface area (Å²) in [5.74, 6) is 0.478. The van der Waals surface area contributed by atoms with E-state index < -0.39 is 0 Å². The second kappa shape index (κ2) is 7.28. The number of nitrogens with zero attached hydrogens (tertiary/aromatic N) is 2. The monoisotopic (exact) mass is 352 g/mol. The van der Waals surface area contributed by atoms with Crippen LogP contribution >= 0.6 is 0 Å². The Balaban J connectivity index is 1.42. The van der Waals surface area contributed by atoms with Crippen molar-refractivity contribution >= 4 is 11.5 Å². The van der Waals surface area contributed by atoms with Crippen molar-refractivity contribution in [1.82, 2.24) is 4.90 Å². The zero-order chi connectivity index (χ0) is 18.1. The predicted molar refractivity (Wildman–Crippen MR) is 104 cm³/mol. The standard InChI is InChI=1S/C22H28N2O2/c1-16-13-19(8-7-18(16)14-21(25)22-6-4-12-26-22)23-11-9-20(15-23)24-10-3-5-17(24)2/h4,6-8,12-13,17,20H,3,5,9-11,14-15H2,1-2H3/t17-,20-/m0/s1. The van der Waals surface area contributed by atoms with E-state index in [-0.39, 0.29) is 5.78 Å². The Bertz CT molecular complexity index is 768. The second-order valence-corrected chi connectivity index (χ2v) is 7.81. The van der Waals surface area contributed by atoms with Gasteiger partial charge in [0.2, 0.25) is 5.78 Å². The molecule has 0 bridgehead atoms. The number of rotatable bonds is 5. The number of ketones is 1. The molecule has 4 heteroatoms. The van der Waals surface area contributed by atoms with Crippen LogP contribution in [0.4, 0.5) is 5.69 Å². The van der Waals surface area contributed by atoms with E-state index in [9.17, 15) is 4.79 Å². The first-order chi connectivity index (χ1) is 12.6. The third-order valence-electron chi connectivity index (χ3n) is 6.08. The Morgan fingerprint density at radius 1 is 1.23 bits per heavy atom. The number of hydrogen-bond donors (Lipinski definition) is 0. The zero-order valence-electron chi connectivity index (χ0n) is 15.8. The van der Waals surface area contributed by atoms with Gasteiger partial charge in [-0.2, -0.15) is 0 Å². The molecule has 4 rings (SSSR count). The maximum absolute atomic E-state index is 12.3. The van der Waals surface area contributed by atoms with Crippen molar-refractivity contribution in [3.8, 4) is 0 Å². The van der Waals surface area contributed by atoms with Gasteiger partial charge < -0.3 is 9.32 Å². The van der Waals surface area contributed by atoms with Gasteiger partial charge in [-0.15, -0.1) is 0 Å². The van der Waals surface area contributed by atoms with E-state index >= 15 is 0 Å². The minimum atomic E-state index is 0.0371. The molecule has 0 radical (unpaired) electrons. The van der Waals surface area contributed by atoms with Gasteiger partial charge in [-0.3, -0.25) is 9.69 Å². The molecule has 2 aliphatic heterocycles. The average molecular weight is 352 g/mol. The van der Waals surface area contributed by atoms with Crippen LogP contribution in [-0.4, -0.2) is 42.4 Å². The average Bonchev–Trinajstić information content (AvgIpc) is 3.37. The SMILES string of the molecule is Cc1cc(N2CC[C@H](N3CCC[C@@H]3C)C2)ccc1CC(=O)c1ccco1. The molecule has 138 valence electrons. The lowest BCUT2D eigenvalue weighted by molar-refractivity contribution is 0.0966. The van der Waals surface area contributed by atoms with Gasteiger partial charge in [-0.05, 0) is 75.0 Å². The number of likely N-dealkylation sites (tertiary alicyclic amines) is 1. The quantitative estimate of drug-likeness (QED) is 0.760. The Kier molecular flexibility index (Phi) is 4.86. The predicted octanol–water partition coefficient (Wildman–Crippen LogP) is 4.08. The van der Waals surface area contributed by atoms with E-state index in [1.165, 1.54) is 37.1 Å². The fourth-order valence-corrected chi connectivity index (χ4v) is 4.52. The van der Waals surface area contributed by atoms with Crippen LogP contribution in [-0.2, 0) is 6.42 Å². The van der Waals surface area contributed by atoms with E-state index in [0.29, 0.717) is 18.2 Å². The van der Waals surface area contributed by atoms with Gasteiger partial charge in [0.15, 0.2) is 5.76 Å². The number of furan rings is 1. The molecular weight excluding hydrogens is 324 g/mol. The Hall–Kier alpha value is -2.07. The van der Waals surface area contributed by atoms with Crippen LogP contribution in [0.15, 0.2) is 41.0 Å². The third-order valence-corrected chi connectivity index (χ3v) is 6.08. The van der Waals surface area contributed by atoms with Crippen molar-refractivity contribution in [3.63, 3.8) is 0 Å². The van der Waals surface area contributed by atoms with Crippen LogP contribution in [0.5, 0.6) is 0 Å². The Morgan fingerprint density at radius 2 is 2.12 bits per heavy atom. The summed E-state index contributed by atoms with van der Waals surface area (Å²) in [6.45, 7) is 7.97. The highest BCUT2D eigenvalue weighted by Gasteiger charge is 2.32. The maximum atomic E-state index is 12.3. The molecule has 2 saturated heterocycles. The van der Waals surface area contributed by atoms with Crippen molar-refractivity contribution in [2.75, 3.05) is 24.5 Å². The van der Waals surface area contributed by atoms with Crippen molar-refractivity contribution in [1.29, 1.82) is 0 Å². The van der Waals surface area contributed by atoms with E-state index in [1.807, 2.05) is 0 Å². The highest BCUT2D eigenvalue weighted by atomic mass is 16.3. The van der Waals surface area contributed by atoms with Crippen LogP contribution < -0.4 is 4.90 Å². The van der Waals surface area contributed by atoms with E-state index in [2.05, 4.69) is 41.8 Å². The summed E-state index contributed by atoms with van der Waals surface area (Å²) in [5, 5.41) is 0. The number of carbonyl (C=O) groups excluding carboxylic acids is 1. The van der Waals surface area contributed by atoms with Crippen LogP contribution in [0.2, 0.25) is 0 Å². The zero-order valence-corrected chi connectivity index (χ0v) is 15.8. The highest BCUT2D eigenvalue weighted by Crippen LogP contribution is 2.29. The lowest BCUT2D eigenvalue weighted by Gasteiger charge is -2.28. The molecule has 0 aliphatic carbocycles. The first-order valence-electron chi connectivity index (χ1n) is 9.79. The number of carbonyl (C=O) groups is 1. The maximum Gasteiger partial charge on any atom is 0.202 e. The summed E-state index contributed by atoms with van der Waals surface area (Å²) in [5.41, 5.74) is 3.55. The Labute approximate surface area is 155 Å². The summed E-state index contributed by atoms with van der Waals surface area (Å²) in [7, 11) is 0. The number of hydrogen-bond acceptors (Lipinski definition) is 4. The van der Waals surface area contributed by atoms with E-state index in [1.54, 1.807) is 18.4 Å². The fourth-order valence-electron chi connectivity index (χ4n) is 4.52. The first-order valence-corrected chi connectivity index (χ1v) is 9.79. The van der Waals surface area contributed by atoms with Gasteiger partial charge in [0.05, 0.1) is 6.26 Å². The van der Waals surface area contributed by atoms with Crippen molar-refractivity contribution in [3.05, 3.63) is 53.5 Å². The van der Waals surface area contributed by atoms with E-state index in [4.69, 9.17) is 4.42 Å².